The summed E-state index contributed by atoms with van der Waals surface area (Å²) in [7, 11) is 0. The molecule has 0 heterocycles. The highest BCUT2D eigenvalue weighted by molar-refractivity contribution is 5.72. The van der Waals surface area contributed by atoms with Gasteiger partial charge < -0.3 is 10.1 Å². The van der Waals surface area contributed by atoms with Crippen molar-refractivity contribution in [2.45, 2.75) is 33.6 Å². The van der Waals surface area contributed by atoms with E-state index in [0.29, 0.717) is 18.1 Å². The summed E-state index contributed by atoms with van der Waals surface area (Å²) < 4.78 is 5.09. The summed E-state index contributed by atoms with van der Waals surface area (Å²) >= 11 is 0. The second kappa shape index (κ2) is 6.94. The number of benzene rings is 1. The van der Waals surface area contributed by atoms with Crippen LogP contribution in [-0.2, 0) is 4.79 Å². The highest BCUT2D eigenvalue weighted by Crippen LogP contribution is 2.16. The molecule has 3 heteroatoms. The van der Waals surface area contributed by atoms with Crippen molar-refractivity contribution in [3.05, 3.63) is 24.3 Å². The zero-order valence-electron chi connectivity index (χ0n) is 10.8. The first-order valence-corrected chi connectivity index (χ1v) is 6.16. The number of carbonyl (C=O) groups excluding carboxylic acids is 1. The van der Waals surface area contributed by atoms with Crippen LogP contribution < -0.4 is 10.1 Å². The molecule has 0 aliphatic carbocycles. The molecule has 94 valence electrons. The Balaban J connectivity index is 2.42. The molecule has 1 rings (SSSR count). The monoisotopic (exact) mass is 235 g/mol. The molecule has 0 spiro atoms. The lowest BCUT2D eigenvalue weighted by atomic mass is 10.1. The first-order chi connectivity index (χ1) is 8.11. The molecule has 0 amide bonds. The van der Waals surface area contributed by atoms with E-state index in [9.17, 15) is 4.79 Å². The van der Waals surface area contributed by atoms with E-state index in [0.717, 1.165) is 18.7 Å². The summed E-state index contributed by atoms with van der Waals surface area (Å²) in [5, 5.41) is 3.33. The summed E-state index contributed by atoms with van der Waals surface area (Å²) in [5.41, 5.74) is 1.06. The lowest BCUT2D eigenvalue weighted by molar-refractivity contribution is -0.134. The fourth-order valence-corrected chi connectivity index (χ4v) is 1.35. The van der Waals surface area contributed by atoms with Crippen LogP contribution >= 0.6 is 0 Å². The van der Waals surface area contributed by atoms with Gasteiger partial charge in [-0.2, -0.15) is 0 Å². The summed E-state index contributed by atoms with van der Waals surface area (Å²) in [5.74, 6) is 1.10. The van der Waals surface area contributed by atoms with Crippen LogP contribution in [0, 0.1) is 5.92 Å². The van der Waals surface area contributed by atoms with Gasteiger partial charge in [0.15, 0.2) is 0 Å². The van der Waals surface area contributed by atoms with Gasteiger partial charge in [0.25, 0.3) is 0 Å². The number of rotatable bonds is 6. The highest BCUT2D eigenvalue weighted by atomic mass is 16.5. The normalized spacial score (nSPS) is 10.4. The van der Waals surface area contributed by atoms with Crippen molar-refractivity contribution in [1.29, 1.82) is 0 Å². The van der Waals surface area contributed by atoms with E-state index in [1.165, 1.54) is 0 Å². The van der Waals surface area contributed by atoms with Gasteiger partial charge in [-0.3, -0.25) is 4.79 Å². The number of esters is 1. The Morgan fingerprint density at radius 2 is 1.94 bits per heavy atom. The quantitative estimate of drug-likeness (QED) is 0.606. The van der Waals surface area contributed by atoms with Gasteiger partial charge in [-0.15, -0.1) is 0 Å². The standard InChI is InChI=1S/C14H21NO2/c1-4-14(16)17-13-7-5-12(6-8-13)15-10-9-11(2)3/h5-8,11,15H,4,9-10H2,1-3H3. The van der Waals surface area contributed by atoms with Gasteiger partial charge in [-0.25, -0.2) is 0 Å². The van der Waals surface area contributed by atoms with Crippen LogP contribution in [0.1, 0.15) is 33.6 Å². The van der Waals surface area contributed by atoms with Crippen LogP contribution in [0.15, 0.2) is 24.3 Å². The van der Waals surface area contributed by atoms with Crippen LogP contribution in [0.4, 0.5) is 5.69 Å². The van der Waals surface area contributed by atoms with E-state index in [-0.39, 0.29) is 5.97 Å². The number of hydrogen-bond donors (Lipinski definition) is 1. The Morgan fingerprint density at radius 1 is 1.29 bits per heavy atom. The molecule has 0 aliphatic heterocycles. The Kier molecular flexibility index (Phi) is 5.53. The molecule has 1 N–H and O–H groups in total. The number of ether oxygens (including phenoxy) is 1. The number of hydrogen-bond acceptors (Lipinski definition) is 3. The zero-order valence-corrected chi connectivity index (χ0v) is 10.8. The number of carbonyl (C=O) groups is 1. The average molecular weight is 235 g/mol. The van der Waals surface area contributed by atoms with E-state index in [1.807, 2.05) is 24.3 Å². The van der Waals surface area contributed by atoms with Crippen molar-refractivity contribution >= 4 is 11.7 Å². The lowest BCUT2D eigenvalue weighted by Gasteiger charge is -2.09. The van der Waals surface area contributed by atoms with Gasteiger partial charge >= 0.3 is 5.97 Å². The maximum Gasteiger partial charge on any atom is 0.310 e. The molecule has 3 nitrogen and oxygen atoms in total. The fraction of sp³-hybridized carbons (Fsp3) is 0.500. The van der Waals surface area contributed by atoms with E-state index in [1.54, 1.807) is 6.92 Å². The van der Waals surface area contributed by atoms with Crippen molar-refractivity contribution in [2.75, 3.05) is 11.9 Å². The Hall–Kier alpha value is -1.51. The predicted octanol–water partition coefficient (Wildman–Crippen LogP) is 3.46. The Morgan fingerprint density at radius 3 is 2.47 bits per heavy atom. The third-order valence-electron chi connectivity index (χ3n) is 2.43. The van der Waals surface area contributed by atoms with Crippen molar-refractivity contribution in [3.63, 3.8) is 0 Å². The Labute approximate surface area is 103 Å². The van der Waals surface area contributed by atoms with Gasteiger partial charge in [0, 0.05) is 18.7 Å². The third-order valence-corrected chi connectivity index (χ3v) is 2.43. The fourth-order valence-electron chi connectivity index (χ4n) is 1.35. The van der Waals surface area contributed by atoms with Crippen molar-refractivity contribution in [3.8, 4) is 5.75 Å². The van der Waals surface area contributed by atoms with Gasteiger partial charge in [0.05, 0.1) is 0 Å². The molecule has 17 heavy (non-hydrogen) atoms. The SMILES string of the molecule is CCC(=O)Oc1ccc(NCCC(C)C)cc1. The highest BCUT2D eigenvalue weighted by Gasteiger charge is 2.01. The summed E-state index contributed by atoms with van der Waals surface area (Å²) in [6, 6.07) is 7.48. The topological polar surface area (TPSA) is 38.3 Å². The maximum atomic E-state index is 11.1. The summed E-state index contributed by atoms with van der Waals surface area (Å²) in [4.78, 5) is 11.1. The molecule has 1 aromatic rings. The van der Waals surface area contributed by atoms with Gasteiger partial charge in [-0.1, -0.05) is 20.8 Å². The molecule has 0 bridgehead atoms. The maximum absolute atomic E-state index is 11.1. The molecule has 0 atom stereocenters. The van der Waals surface area contributed by atoms with E-state index in [2.05, 4.69) is 19.2 Å². The minimum atomic E-state index is -0.203. The first-order valence-electron chi connectivity index (χ1n) is 6.16. The molecule has 0 radical (unpaired) electrons. The Bertz CT molecular complexity index is 344. The predicted molar refractivity (Wildman–Crippen MR) is 70.3 cm³/mol. The van der Waals surface area contributed by atoms with E-state index in [4.69, 9.17) is 4.74 Å². The van der Waals surface area contributed by atoms with Crippen LogP contribution in [0.5, 0.6) is 5.75 Å². The van der Waals surface area contributed by atoms with Gasteiger partial charge in [-0.05, 0) is 36.6 Å². The van der Waals surface area contributed by atoms with Crippen molar-refractivity contribution < 1.29 is 9.53 Å². The first kappa shape index (κ1) is 13.6. The molecule has 0 fully saturated rings. The minimum absolute atomic E-state index is 0.203. The molecule has 1 aromatic carbocycles. The van der Waals surface area contributed by atoms with Gasteiger partial charge in [0.1, 0.15) is 5.75 Å². The van der Waals surface area contributed by atoms with E-state index < -0.39 is 0 Å². The molecule has 0 aliphatic rings. The van der Waals surface area contributed by atoms with Gasteiger partial charge in [0.2, 0.25) is 0 Å². The smallest absolute Gasteiger partial charge is 0.310 e. The number of anilines is 1. The largest absolute Gasteiger partial charge is 0.427 e. The zero-order chi connectivity index (χ0) is 12.7. The van der Waals surface area contributed by atoms with Crippen LogP contribution in [0.3, 0.4) is 0 Å². The van der Waals surface area contributed by atoms with Crippen molar-refractivity contribution in [2.24, 2.45) is 5.92 Å². The molecule has 0 saturated heterocycles. The molecular formula is C14H21NO2. The summed E-state index contributed by atoms with van der Waals surface area (Å²) in [6.07, 6.45) is 1.54. The lowest BCUT2D eigenvalue weighted by Crippen LogP contribution is -2.06. The van der Waals surface area contributed by atoms with Crippen LogP contribution in [0.2, 0.25) is 0 Å². The number of nitrogens with one attached hydrogen (secondary N) is 1. The summed E-state index contributed by atoms with van der Waals surface area (Å²) in [6.45, 7) is 7.15. The third kappa shape index (κ3) is 5.38. The average Bonchev–Trinajstić information content (AvgIpc) is 2.31. The minimum Gasteiger partial charge on any atom is -0.427 e. The second-order valence-corrected chi connectivity index (χ2v) is 4.46. The molecular weight excluding hydrogens is 214 g/mol. The van der Waals surface area contributed by atoms with E-state index >= 15 is 0 Å². The second-order valence-electron chi connectivity index (χ2n) is 4.46. The molecule has 0 unspecified atom stereocenters. The van der Waals surface area contributed by atoms with Crippen molar-refractivity contribution in [1.82, 2.24) is 0 Å². The van der Waals surface area contributed by atoms with Crippen LogP contribution in [-0.4, -0.2) is 12.5 Å². The van der Waals surface area contributed by atoms with Crippen LogP contribution in [0.25, 0.3) is 0 Å². The molecule has 0 aromatic heterocycles. The molecule has 0 saturated carbocycles.